The highest BCUT2D eigenvalue weighted by atomic mass is 35.5. The first-order valence-corrected chi connectivity index (χ1v) is 4.85. The van der Waals surface area contributed by atoms with Gasteiger partial charge in [0.1, 0.15) is 6.61 Å². The van der Waals surface area contributed by atoms with Crippen molar-refractivity contribution < 1.29 is 14.6 Å². The number of hydrogen-bond acceptors (Lipinski definition) is 4. The van der Waals surface area contributed by atoms with E-state index in [0.717, 1.165) is 6.42 Å². The fourth-order valence-electron chi connectivity index (χ4n) is 0.931. The van der Waals surface area contributed by atoms with Crippen LogP contribution in [0.5, 0.6) is 0 Å². The molecule has 15 heavy (non-hydrogen) atoms. The number of carboxylic acid groups (broad SMARTS) is 1. The van der Waals surface area contributed by atoms with Crippen molar-refractivity contribution in [3.8, 4) is 0 Å². The Hall–Kier alpha value is -1.20. The third kappa shape index (κ3) is 3.45. The summed E-state index contributed by atoms with van der Waals surface area (Å²) in [6, 6.07) is 0. The standard InChI is InChI=1S/C9H11ClN2O3/c1-2-3-15-5-7-11-4-6(10)8(12-7)9(13)14/h4H,2-3,5H2,1H3,(H,13,14). The van der Waals surface area contributed by atoms with Gasteiger partial charge >= 0.3 is 5.97 Å². The molecule has 0 radical (unpaired) electrons. The lowest BCUT2D eigenvalue weighted by Crippen LogP contribution is -2.07. The Balaban J connectivity index is 2.74. The predicted molar refractivity (Wildman–Crippen MR) is 53.9 cm³/mol. The molecule has 0 saturated carbocycles. The molecule has 82 valence electrons. The van der Waals surface area contributed by atoms with E-state index >= 15 is 0 Å². The van der Waals surface area contributed by atoms with E-state index in [0.29, 0.717) is 12.4 Å². The summed E-state index contributed by atoms with van der Waals surface area (Å²) in [5, 5.41) is 8.78. The molecule has 1 rings (SSSR count). The summed E-state index contributed by atoms with van der Waals surface area (Å²) in [6.07, 6.45) is 2.15. The van der Waals surface area contributed by atoms with E-state index in [-0.39, 0.29) is 17.3 Å². The molecule has 1 aromatic rings. The summed E-state index contributed by atoms with van der Waals surface area (Å²) >= 11 is 5.61. The monoisotopic (exact) mass is 230 g/mol. The topological polar surface area (TPSA) is 72.3 Å². The van der Waals surface area contributed by atoms with Gasteiger partial charge in [0.05, 0.1) is 11.2 Å². The highest BCUT2D eigenvalue weighted by molar-refractivity contribution is 6.33. The van der Waals surface area contributed by atoms with Gasteiger partial charge < -0.3 is 9.84 Å². The van der Waals surface area contributed by atoms with Gasteiger partial charge in [-0.25, -0.2) is 14.8 Å². The van der Waals surface area contributed by atoms with E-state index in [1.807, 2.05) is 6.92 Å². The van der Waals surface area contributed by atoms with E-state index in [9.17, 15) is 4.79 Å². The molecule has 0 aliphatic rings. The van der Waals surface area contributed by atoms with Crippen LogP contribution >= 0.6 is 11.6 Å². The molecule has 0 fully saturated rings. The van der Waals surface area contributed by atoms with E-state index in [2.05, 4.69) is 9.97 Å². The van der Waals surface area contributed by atoms with Crippen molar-refractivity contribution in [2.24, 2.45) is 0 Å². The molecule has 6 heteroatoms. The van der Waals surface area contributed by atoms with Crippen molar-refractivity contribution in [3.05, 3.63) is 22.7 Å². The maximum Gasteiger partial charge on any atom is 0.356 e. The number of ether oxygens (including phenoxy) is 1. The summed E-state index contributed by atoms with van der Waals surface area (Å²) in [5.74, 6) is -0.843. The fourth-order valence-corrected chi connectivity index (χ4v) is 1.10. The molecule has 0 saturated heterocycles. The van der Waals surface area contributed by atoms with Gasteiger partial charge in [-0.15, -0.1) is 0 Å². The molecule has 1 N–H and O–H groups in total. The van der Waals surface area contributed by atoms with Gasteiger partial charge in [-0.3, -0.25) is 0 Å². The molecule has 1 aromatic heterocycles. The molecular weight excluding hydrogens is 220 g/mol. The van der Waals surface area contributed by atoms with Crippen LogP contribution in [0, 0.1) is 0 Å². The number of aromatic carboxylic acids is 1. The van der Waals surface area contributed by atoms with Crippen LogP contribution in [0.4, 0.5) is 0 Å². The Morgan fingerprint density at radius 3 is 3.00 bits per heavy atom. The maximum atomic E-state index is 10.7. The highest BCUT2D eigenvalue weighted by Gasteiger charge is 2.12. The molecule has 0 aliphatic heterocycles. The molecule has 0 aliphatic carbocycles. The molecule has 0 aromatic carbocycles. The zero-order valence-electron chi connectivity index (χ0n) is 8.23. The summed E-state index contributed by atoms with van der Waals surface area (Å²) in [6.45, 7) is 2.77. The van der Waals surface area contributed by atoms with Gasteiger partial charge in [0, 0.05) is 6.61 Å². The van der Waals surface area contributed by atoms with Crippen LogP contribution in [0.25, 0.3) is 0 Å². The average molecular weight is 231 g/mol. The van der Waals surface area contributed by atoms with Crippen LogP contribution in [-0.2, 0) is 11.3 Å². The highest BCUT2D eigenvalue weighted by Crippen LogP contribution is 2.12. The Morgan fingerprint density at radius 2 is 2.40 bits per heavy atom. The van der Waals surface area contributed by atoms with Crippen molar-refractivity contribution in [3.63, 3.8) is 0 Å². The van der Waals surface area contributed by atoms with Crippen molar-refractivity contribution in [2.45, 2.75) is 20.0 Å². The minimum absolute atomic E-state index is 0.0294. The zero-order chi connectivity index (χ0) is 11.3. The molecule has 0 bridgehead atoms. The van der Waals surface area contributed by atoms with Gasteiger partial charge in [0.25, 0.3) is 0 Å². The normalized spacial score (nSPS) is 10.3. The van der Waals surface area contributed by atoms with Crippen LogP contribution in [0.15, 0.2) is 6.20 Å². The van der Waals surface area contributed by atoms with Crippen LogP contribution < -0.4 is 0 Å². The largest absolute Gasteiger partial charge is 0.476 e. The number of carbonyl (C=O) groups is 1. The minimum Gasteiger partial charge on any atom is -0.476 e. The Kier molecular flexibility index (Phi) is 4.45. The summed E-state index contributed by atoms with van der Waals surface area (Å²) < 4.78 is 5.18. The number of hydrogen-bond donors (Lipinski definition) is 1. The Bertz CT molecular complexity index is 357. The third-order valence-electron chi connectivity index (χ3n) is 1.58. The SMILES string of the molecule is CCCOCc1ncc(Cl)c(C(=O)O)n1. The molecular formula is C9H11ClN2O3. The Morgan fingerprint density at radius 1 is 1.67 bits per heavy atom. The Labute approximate surface area is 92.1 Å². The van der Waals surface area contributed by atoms with Crippen molar-refractivity contribution in [1.82, 2.24) is 9.97 Å². The second kappa shape index (κ2) is 5.63. The zero-order valence-corrected chi connectivity index (χ0v) is 8.99. The third-order valence-corrected chi connectivity index (χ3v) is 1.85. The van der Waals surface area contributed by atoms with Crippen LogP contribution in [0.1, 0.15) is 29.7 Å². The minimum atomic E-state index is -1.17. The first-order valence-electron chi connectivity index (χ1n) is 4.47. The fraction of sp³-hybridized carbons (Fsp3) is 0.444. The van der Waals surface area contributed by atoms with E-state index < -0.39 is 5.97 Å². The van der Waals surface area contributed by atoms with Crippen LogP contribution in [-0.4, -0.2) is 27.7 Å². The van der Waals surface area contributed by atoms with E-state index in [1.54, 1.807) is 0 Å². The number of nitrogens with zero attached hydrogens (tertiary/aromatic N) is 2. The number of aromatic nitrogens is 2. The first kappa shape index (κ1) is 11.9. The van der Waals surface area contributed by atoms with Gasteiger partial charge in [-0.05, 0) is 6.42 Å². The van der Waals surface area contributed by atoms with Crippen LogP contribution in [0.3, 0.4) is 0 Å². The van der Waals surface area contributed by atoms with Gasteiger partial charge in [-0.2, -0.15) is 0 Å². The van der Waals surface area contributed by atoms with Crippen LogP contribution in [0.2, 0.25) is 5.02 Å². The van der Waals surface area contributed by atoms with E-state index in [1.165, 1.54) is 6.20 Å². The number of halogens is 1. The summed E-state index contributed by atoms with van der Waals surface area (Å²) in [7, 11) is 0. The molecule has 0 spiro atoms. The van der Waals surface area contributed by atoms with Gasteiger partial charge in [-0.1, -0.05) is 18.5 Å². The van der Waals surface area contributed by atoms with Crippen molar-refractivity contribution in [1.29, 1.82) is 0 Å². The lowest BCUT2D eigenvalue weighted by Gasteiger charge is -2.03. The molecule has 0 unspecified atom stereocenters. The lowest BCUT2D eigenvalue weighted by molar-refractivity contribution is 0.0688. The molecule has 0 amide bonds. The predicted octanol–water partition coefficient (Wildman–Crippen LogP) is 1.75. The second-order valence-corrected chi connectivity index (χ2v) is 3.25. The van der Waals surface area contributed by atoms with Crippen molar-refractivity contribution >= 4 is 17.6 Å². The van der Waals surface area contributed by atoms with Gasteiger partial charge in [0.15, 0.2) is 11.5 Å². The molecule has 5 nitrogen and oxygen atoms in total. The van der Waals surface area contributed by atoms with E-state index in [4.69, 9.17) is 21.4 Å². The first-order chi connectivity index (χ1) is 7.15. The summed E-state index contributed by atoms with van der Waals surface area (Å²) in [4.78, 5) is 18.3. The quantitative estimate of drug-likeness (QED) is 0.781. The van der Waals surface area contributed by atoms with Gasteiger partial charge in [0.2, 0.25) is 0 Å². The number of rotatable bonds is 5. The smallest absolute Gasteiger partial charge is 0.356 e. The lowest BCUT2D eigenvalue weighted by atomic mass is 10.4. The molecule has 1 heterocycles. The average Bonchev–Trinajstić information content (AvgIpc) is 2.20. The maximum absolute atomic E-state index is 10.7. The van der Waals surface area contributed by atoms with Crippen molar-refractivity contribution in [2.75, 3.05) is 6.61 Å². The summed E-state index contributed by atoms with van der Waals surface area (Å²) in [5.41, 5.74) is -0.193. The number of carboxylic acids is 1. The second-order valence-electron chi connectivity index (χ2n) is 2.84. The molecule has 0 atom stereocenters.